The molecule has 3 aromatic heterocycles. The van der Waals surface area contributed by atoms with Gasteiger partial charge in [-0.05, 0) is 6.07 Å². The smallest absolute Gasteiger partial charge is 0.315 e. The average molecular weight is 315 g/mol. The zero-order valence-electron chi connectivity index (χ0n) is 12.4. The van der Waals surface area contributed by atoms with E-state index in [1.54, 1.807) is 6.07 Å². The van der Waals surface area contributed by atoms with Crippen molar-refractivity contribution in [3.05, 3.63) is 45.6 Å². The van der Waals surface area contributed by atoms with E-state index in [4.69, 9.17) is 0 Å². The average Bonchev–Trinajstić information content (AvgIpc) is 2.95. The number of hydrogen-bond acceptors (Lipinski definition) is 6. The van der Waals surface area contributed by atoms with Crippen LogP contribution in [0.2, 0.25) is 0 Å². The van der Waals surface area contributed by atoms with Gasteiger partial charge in [-0.2, -0.15) is 0 Å². The van der Waals surface area contributed by atoms with Gasteiger partial charge in [-0.25, -0.2) is 19.7 Å². The van der Waals surface area contributed by atoms with Crippen LogP contribution in [-0.4, -0.2) is 34.6 Å². The lowest BCUT2D eigenvalue weighted by Crippen LogP contribution is -2.37. The summed E-state index contributed by atoms with van der Waals surface area (Å²) in [6.07, 6.45) is 4.35. The highest BCUT2D eigenvalue weighted by Crippen LogP contribution is 2.05. The van der Waals surface area contributed by atoms with Crippen molar-refractivity contribution in [1.82, 2.24) is 28.7 Å². The van der Waals surface area contributed by atoms with Gasteiger partial charge in [0.25, 0.3) is 5.56 Å². The van der Waals surface area contributed by atoms with Crippen LogP contribution in [0, 0.1) is 0 Å². The lowest BCUT2D eigenvalue weighted by atomic mass is 10.4. The highest BCUT2D eigenvalue weighted by atomic mass is 16.2. The van der Waals surface area contributed by atoms with E-state index >= 15 is 0 Å². The maximum Gasteiger partial charge on any atom is 0.332 e. The first-order chi connectivity index (χ1) is 11.0. The van der Waals surface area contributed by atoms with Crippen LogP contribution in [0.15, 0.2) is 34.4 Å². The molecule has 0 bridgehead atoms. The number of nitrogens with zero attached hydrogens (tertiary/aromatic N) is 6. The molecule has 10 nitrogen and oxygen atoms in total. The van der Waals surface area contributed by atoms with Crippen LogP contribution in [-0.2, 0) is 25.4 Å². The van der Waals surface area contributed by atoms with Gasteiger partial charge in [0.15, 0.2) is 11.2 Å². The molecule has 0 aliphatic heterocycles. The van der Waals surface area contributed by atoms with Crippen molar-refractivity contribution < 1.29 is 4.79 Å². The zero-order valence-corrected chi connectivity index (χ0v) is 12.4. The van der Waals surface area contributed by atoms with E-state index in [-0.39, 0.29) is 23.7 Å². The number of rotatable bonds is 3. The molecule has 1 N–H and O–H groups in total. The summed E-state index contributed by atoms with van der Waals surface area (Å²) in [6.45, 7) is -0.151. The van der Waals surface area contributed by atoms with Gasteiger partial charge >= 0.3 is 5.69 Å². The minimum absolute atomic E-state index is 0.151. The highest BCUT2D eigenvalue weighted by Gasteiger charge is 2.16. The van der Waals surface area contributed by atoms with Gasteiger partial charge in [-0.15, -0.1) is 0 Å². The maximum atomic E-state index is 12.3. The largest absolute Gasteiger partial charge is 0.332 e. The number of hydrogen-bond donors (Lipinski definition) is 1. The normalized spacial score (nSPS) is 10.9. The van der Waals surface area contributed by atoms with Crippen molar-refractivity contribution in [2.45, 2.75) is 6.54 Å². The molecule has 3 aromatic rings. The number of aromatic nitrogens is 6. The molecule has 0 saturated carbocycles. The van der Waals surface area contributed by atoms with Crippen molar-refractivity contribution in [3.63, 3.8) is 0 Å². The molecule has 0 unspecified atom stereocenters. The van der Waals surface area contributed by atoms with Gasteiger partial charge < -0.3 is 4.57 Å². The molecule has 0 atom stereocenters. The Kier molecular flexibility index (Phi) is 3.48. The molecule has 0 saturated heterocycles. The number of carbonyl (C=O) groups is 1. The predicted octanol–water partition coefficient (Wildman–Crippen LogP) is -1.14. The molecule has 0 fully saturated rings. The second-order valence-electron chi connectivity index (χ2n) is 4.87. The highest BCUT2D eigenvalue weighted by molar-refractivity contribution is 5.89. The third-order valence-electron chi connectivity index (χ3n) is 3.35. The number of fused-ring (bicyclic) bond motifs is 1. The molecule has 0 radical (unpaired) electrons. The van der Waals surface area contributed by atoms with E-state index in [2.05, 4.69) is 20.3 Å². The maximum absolute atomic E-state index is 12.3. The van der Waals surface area contributed by atoms with E-state index in [1.807, 2.05) is 0 Å². The molecule has 3 rings (SSSR count). The lowest BCUT2D eigenvalue weighted by molar-refractivity contribution is -0.116. The van der Waals surface area contributed by atoms with Gasteiger partial charge in [0.1, 0.15) is 6.54 Å². The molecule has 10 heteroatoms. The first kappa shape index (κ1) is 14.6. The molecule has 23 heavy (non-hydrogen) atoms. The van der Waals surface area contributed by atoms with E-state index < -0.39 is 17.2 Å². The number of imidazole rings is 1. The van der Waals surface area contributed by atoms with Gasteiger partial charge in [0, 0.05) is 26.5 Å². The molecule has 0 aliphatic carbocycles. The fraction of sp³-hybridized carbons (Fsp3) is 0.231. The Bertz CT molecular complexity index is 1000. The molecule has 118 valence electrons. The summed E-state index contributed by atoms with van der Waals surface area (Å²) in [5, 5.41) is 2.52. The van der Waals surface area contributed by atoms with E-state index in [0.29, 0.717) is 0 Å². The van der Waals surface area contributed by atoms with Crippen LogP contribution in [0.5, 0.6) is 0 Å². The molecule has 1 amide bonds. The third-order valence-corrected chi connectivity index (χ3v) is 3.35. The first-order valence-electron chi connectivity index (χ1n) is 6.66. The summed E-state index contributed by atoms with van der Waals surface area (Å²) in [5.41, 5.74) is -0.583. The van der Waals surface area contributed by atoms with Crippen LogP contribution >= 0.6 is 0 Å². The van der Waals surface area contributed by atoms with Crippen molar-refractivity contribution in [2.75, 3.05) is 5.32 Å². The van der Waals surface area contributed by atoms with Crippen molar-refractivity contribution in [3.8, 4) is 0 Å². The Morgan fingerprint density at radius 3 is 2.52 bits per heavy atom. The van der Waals surface area contributed by atoms with E-state index in [9.17, 15) is 14.4 Å². The summed E-state index contributed by atoms with van der Waals surface area (Å²) < 4.78 is 3.61. The Morgan fingerprint density at radius 1 is 1.13 bits per heavy atom. The Balaban J connectivity index is 1.97. The molecule has 0 spiro atoms. The van der Waals surface area contributed by atoms with Crippen molar-refractivity contribution in [1.29, 1.82) is 0 Å². The minimum atomic E-state index is -0.510. The van der Waals surface area contributed by atoms with Crippen LogP contribution in [0.3, 0.4) is 0 Å². The summed E-state index contributed by atoms with van der Waals surface area (Å²) in [4.78, 5) is 48.0. The summed E-state index contributed by atoms with van der Waals surface area (Å²) in [7, 11) is 2.89. The van der Waals surface area contributed by atoms with Crippen LogP contribution in [0.1, 0.15) is 0 Å². The summed E-state index contributed by atoms with van der Waals surface area (Å²) in [6, 6.07) is 1.63. The second kappa shape index (κ2) is 5.48. The lowest BCUT2D eigenvalue weighted by Gasteiger charge is -2.06. The van der Waals surface area contributed by atoms with E-state index in [0.717, 1.165) is 4.57 Å². The Hall–Kier alpha value is -3.30. The summed E-state index contributed by atoms with van der Waals surface area (Å²) >= 11 is 0. The van der Waals surface area contributed by atoms with Crippen molar-refractivity contribution >= 4 is 23.0 Å². The summed E-state index contributed by atoms with van der Waals surface area (Å²) in [5.74, 6) is -0.242. The first-order valence-corrected chi connectivity index (χ1v) is 6.66. The van der Waals surface area contributed by atoms with E-state index in [1.165, 1.54) is 42.0 Å². The van der Waals surface area contributed by atoms with Gasteiger partial charge in [-0.3, -0.25) is 24.0 Å². The van der Waals surface area contributed by atoms with Crippen LogP contribution in [0.25, 0.3) is 11.2 Å². The number of anilines is 1. The van der Waals surface area contributed by atoms with Crippen LogP contribution in [0.4, 0.5) is 5.95 Å². The molecular weight excluding hydrogens is 302 g/mol. The second-order valence-corrected chi connectivity index (χ2v) is 4.87. The minimum Gasteiger partial charge on any atom is -0.315 e. The van der Waals surface area contributed by atoms with Gasteiger partial charge in [-0.1, -0.05) is 0 Å². The Morgan fingerprint density at radius 2 is 1.83 bits per heavy atom. The third kappa shape index (κ3) is 2.50. The predicted molar refractivity (Wildman–Crippen MR) is 80.9 cm³/mol. The van der Waals surface area contributed by atoms with Gasteiger partial charge in [0.2, 0.25) is 11.9 Å². The standard InChI is InChI=1S/C13H13N7O3/c1-18-10-9(11(22)19(2)13(18)23)20(7-16-10)6-8(21)17-12-14-4-3-5-15-12/h3-5,7H,6H2,1-2H3,(H,14,15,17,21). The van der Waals surface area contributed by atoms with Crippen molar-refractivity contribution in [2.24, 2.45) is 14.1 Å². The number of amides is 1. The number of carbonyl (C=O) groups excluding carboxylic acids is 1. The fourth-order valence-corrected chi connectivity index (χ4v) is 2.20. The van der Waals surface area contributed by atoms with Gasteiger partial charge in [0.05, 0.1) is 6.33 Å². The number of nitrogens with one attached hydrogen (secondary N) is 1. The topological polar surface area (TPSA) is 117 Å². The van der Waals surface area contributed by atoms with Crippen LogP contribution < -0.4 is 16.6 Å². The number of aryl methyl sites for hydroxylation is 1. The Labute approximate surface area is 129 Å². The molecule has 3 heterocycles. The molecule has 0 aromatic carbocycles. The fourth-order valence-electron chi connectivity index (χ4n) is 2.20. The molecular formula is C13H13N7O3. The zero-order chi connectivity index (χ0) is 16.6. The monoisotopic (exact) mass is 315 g/mol. The quantitative estimate of drug-likeness (QED) is 0.653. The molecule has 0 aliphatic rings. The SMILES string of the molecule is Cn1c(=O)c2c(ncn2CC(=O)Nc2ncccn2)n(C)c1=O.